The van der Waals surface area contributed by atoms with Crippen molar-refractivity contribution in [3.63, 3.8) is 0 Å². The first kappa shape index (κ1) is 16.5. The van der Waals surface area contributed by atoms with E-state index in [2.05, 4.69) is 4.72 Å². The van der Waals surface area contributed by atoms with E-state index >= 15 is 0 Å². The van der Waals surface area contributed by atoms with Crippen LogP contribution in [0.1, 0.15) is 5.56 Å². The third-order valence-electron chi connectivity index (χ3n) is 2.56. The number of halogens is 1. The first-order valence-corrected chi connectivity index (χ1v) is 7.14. The molecule has 0 aromatic heterocycles. The molecule has 8 heteroatoms. The van der Waals surface area contributed by atoms with E-state index in [0.717, 1.165) is 6.07 Å². The summed E-state index contributed by atoms with van der Waals surface area (Å²) in [5.41, 5.74) is -0.513. The van der Waals surface area contributed by atoms with E-state index in [1.807, 2.05) is 0 Å². The van der Waals surface area contributed by atoms with Crippen molar-refractivity contribution in [2.75, 3.05) is 27.4 Å². The van der Waals surface area contributed by atoms with E-state index in [4.69, 9.17) is 14.7 Å². The fourth-order valence-corrected chi connectivity index (χ4v) is 2.74. The third kappa shape index (κ3) is 3.98. The Kier molecular flexibility index (Phi) is 6.04. The molecule has 110 valence electrons. The number of sulfonamides is 1. The molecule has 1 aromatic rings. The third-order valence-corrected chi connectivity index (χ3v) is 4.03. The SMILES string of the molecule is COCC(CNS(=O)(=O)c1cccc(F)c1C#N)OC. The van der Waals surface area contributed by atoms with Crippen molar-refractivity contribution in [2.24, 2.45) is 0 Å². The molecule has 0 spiro atoms. The van der Waals surface area contributed by atoms with Crippen molar-refractivity contribution in [3.8, 4) is 6.07 Å². The Morgan fingerprint density at radius 1 is 1.45 bits per heavy atom. The summed E-state index contributed by atoms with van der Waals surface area (Å²) in [5.74, 6) is -0.879. The van der Waals surface area contributed by atoms with E-state index in [1.165, 1.54) is 26.4 Å². The molecular weight excluding hydrogens is 287 g/mol. The zero-order valence-electron chi connectivity index (χ0n) is 11.1. The van der Waals surface area contributed by atoms with Crippen LogP contribution in [0.15, 0.2) is 23.1 Å². The lowest BCUT2D eigenvalue weighted by Crippen LogP contribution is -2.36. The average molecular weight is 302 g/mol. The molecule has 0 bridgehead atoms. The maximum atomic E-state index is 13.4. The van der Waals surface area contributed by atoms with Crippen LogP contribution in [0.2, 0.25) is 0 Å². The summed E-state index contributed by atoms with van der Waals surface area (Å²) in [6, 6.07) is 4.97. The Hall–Kier alpha value is -1.53. The van der Waals surface area contributed by atoms with Crippen LogP contribution in [0.3, 0.4) is 0 Å². The van der Waals surface area contributed by atoms with Gasteiger partial charge in [-0.05, 0) is 12.1 Å². The standard InChI is InChI=1S/C12H15FN2O4S/c1-18-8-9(19-2)7-15-20(16,17)12-5-3-4-11(13)10(12)6-14/h3-5,9,15H,7-8H2,1-2H3. The summed E-state index contributed by atoms with van der Waals surface area (Å²) in [7, 11) is -1.12. The number of hydrogen-bond acceptors (Lipinski definition) is 5. The van der Waals surface area contributed by atoms with Crippen molar-refractivity contribution in [2.45, 2.75) is 11.0 Å². The number of nitriles is 1. The highest BCUT2D eigenvalue weighted by molar-refractivity contribution is 7.89. The molecule has 0 heterocycles. The van der Waals surface area contributed by atoms with Gasteiger partial charge in [0.1, 0.15) is 22.3 Å². The van der Waals surface area contributed by atoms with Crippen LogP contribution in [0.4, 0.5) is 4.39 Å². The van der Waals surface area contributed by atoms with Gasteiger partial charge in [-0.2, -0.15) is 5.26 Å². The molecule has 0 aliphatic rings. The number of methoxy groups -OCH3 is 2. The molecule has 1 aromatic carbocycles. The topological polar surface area (TPSA) is 88.4 Å². The summed E-state index contributed by atoms with van der Waals surface area (Å²) in [6.45, 7) is 0.154. The Balaban J connectivity index is 2.96. The van der Waals surface area contributed by atoms with Gasteiger partial charge in [-0.1, -0.05) is 6.07 Å². The van der Waals surface area contributed by atoms with Crippen LogP contribution in [0.5, 0.6) is 0 Å². The largest absolute Gasteiger partial charge is 0.382 e. The van der Waals surface area contributed by atoms with E-state index in [1.54, 1.807) is 6.07 Å². The minimum absolute atomic E-state index is 0.0476. The molecule has 0 saturated heterocycles. The summed E-state index contributed by atoms with van der Waals surface area (Å²) >= 11 is 0. The number of benzene rings is 1. The van der Waals surface area contributed by atoms with Crippen LogP contribution in [-0.4, -0.2) is 41.9 Å². The molecule has 1 N–H and O–H groups in total. The quantitative estimate of drug-likeness (QED) is 0.798. The smallest absolute Gasteiger partial charge is 0.242 e. The van der Waals surface area contributed by atoms with Crippen molar-refractivity contribution in [3.05, 3.63) is 29.6 Å². The highest BCUT2D eigenvalue weighted by atomic mass is 32.2. The molecule has 1 atom stereocenters. The predicted molar refractivity (Wildman–Crippen MR) is 69.0 cm³/mol. The number of hydrogen-bond donors (Lipinski definition) is 1. The summed E-state index contributed by atoms with van der Waals surface area (Å²) in [4.78, 5) is -0.396. The van der Waals surface area contributed by atoms with Crippen LogP contribution >= 0.6 is 0 Å². The first-order valence-electron chi connectivity index (χ1n) is 5.66. The fraction of sp³-hybridized carbons (Fsp3) is 0.417. The number of rotatable bonds is 7. The van der Waals surface area contributed by atoms with Crippen molar-refractivity contribution >= 4 is 10.0 Å². The maximum Gasteiger partial charge on any atom is 0.242 e. The highest BCUT2D eigenvalue weighted by Crippen LogP contribution is 2.17. The van der Waals surface area contributed by atoms with Crippen LogP contribution in [0, 0.1) is 17.1 Å². The van der Waals surface area contributed by atoms with Crippen molar-refractivity contribution < 1.29 is 22.3 Å². The Bertz CT molecular complexity index is 598. The second-order valence-electron chi connectivity index (χ2n) is 3.89. The molecule has 1 rings (SSSR count). The Morgan fingerprint density at radius 3 is 2.70 bits per heavy atom. The molecule has 20 heavy (non-hydrogen) atoms. The molecule has 0 saturated carbocycles. The summed E-state index contributed by atoms with van der Waals surface area (Å²) < 4.78 is 49.7. The Morgan fingerprint density at radius 2 is 2.15 bits per heavy atom. The average Bonchev–Trinajstić information content (AvgIpc) is 2.43. The molecule has 6 nitrogen and oxygen atoms in total. The zero-order valence-corrected chi connectivity index (χ0v) is 11.9. The van der Waals surface area contributed by atoms with E-state index in [-0.39, 0.29) is 13.2 Å². The molecule has 0 aliphatic carbocycles. The lowest BCUT2D eigenvalue weighted by atomic mass is 10.2. The van der Waals surface area contributed by atoms with Gasteiger partial charge in [-0.15, -0.1) is 0 Å². The second-order valence-corrected chi connectivity index (χ2v) is 5.63. The highest BCUT2D eigenvalue weighted by Gasteiger charge is 2.22. The van der Waals surface area contributed by atoms with Gasteiger partial charge in [-0.25, -0.2) is 17.5 Å². The molecule has 1 unspecified atom stereocenters. The lowest BCUT2D eigenvalue weighted by Gasteiger charge is -2.15. The summed E-state index contributed by atoms with van der Waals surface area (Å²) in [5, 5.41) is 8.84. The van der Waals surface area contributed by atoms with Crippen LogP contribution in [-0.2, 0) is 19.5 Å². The van der Waals surface area contributed by atoms with Gasteiger partial charge >= 0.3 is 0 Å². The Labute approximate surface area is 117 Å². The van der Waals surface area contributed by atoms with Gasteiger partial charge in [-0.3, -0.25) is 0 Å². The van der Waals surface area contributed by atoms with Crippen molar-refractivity contribution in [1.29, 1.82) is 5.26 Å². The van der Waals surface area contributed by atoms with E-state index in [9.17, 15) is 12.8 Å². The predicted octanol–water partition coefficient (Wildman–Crippen LogP) is 0.637. The normalized spacial score (nSPS) is 12.9. The van der Waals surface area contributed by atoms with E-state index < -0.39 is 32.4 Å². The number of nitrogens with zero attached hydrogens (tertiary/aromatic N) is 1. The van der Waals surface area contributed by atoms with Crippen LogP contribution < -0.4 is 4.72 Å². The van der Waals surface area contributed by atoms with Crippen molar-refractivity contribution in [1.82, 2.24) is 4.72 Å². The minimum atomic E-state index is -4.00. The van der Waals surface area contributed by atoms with Gasteiger partial charge in [0.15, 0.2) is 0 Å². The van der Waals surface area contributed by atoms with Crippen LogP contribution in [0.25, 0.3) is 0 Å². The minimum Gasteiger partial charge on any atom is -0.382 e. The summed E-state index contributed by atoms with van der Waals surface area (Å²) in [6.07, 6.45) is -0.478. The number of nitrogens with one attached hydrogen (secondary N) is 1. The molecular formula is C12H15FN2O4S. The first-order chi connectivity index (χ1) is 9.46. The fourth-order valence-electron chi connectivity index (χ4n) is 1.51. The van der Waals surface area contributed by atoms with Gasteiger partial charge < -0.3 is 9.47 Å². The zero-order chi connectivity index (χ0) is 15.2. The lowest BCUT2D eigenvalue weighted by molar-refractivity contribution is 0.0320. The number of ether oxygens (including phenoxy) is 2. The maximum absolute atomic E-state index is 13.4. The van der Waals surface area contributed by atoms with Gasteiger partial charge in [0.25, 0.3) is 0 Å². The van der Waals surface area contributed by atoms with Gasteiger partial charge in [0, 0.05) is 20.8 Å². The monoisotopic (exact) mass is 302 g/mol. The molecule has 0 radical (unpaired) electrons. The van der Waals surface area contributed by atoms with E-state index in [0.29, 0.717) is 0 Å². The molecule has 0 amide bonds. The van der Waals surface area contributed by atoms with Gasteiger partial charge in [0.2, 0.25) is 10.0 Å². The molecule has 0 fully saturated rings. The second kappa shape index (κ2) is 7.31. The molecule has 0 aliphatic heterocycles. The van der Waals surface area contributed by atoms with Gasteiger partial charge in [0.05, 0.1) is 12.7 Å².